The summed E-state index contributed by atoms with van der Waals surface area (Å²) in [5.41, 5.74) is 0. The fourth-order valence-electron chi connectivity index (χ4n) is 2.08. The highest BCUT2D eigenvalue weighted by Gasteiger charge is 2.39. The third kappa shape index (κ3) is 2.52. The molecule has 2 N–H and O–H groups in total. The molecule has 0 spiro atoms. The molecule has 0 bridgehead atoms. The molecule has 5 heteroatoms. The second-order valence-corrected chi connectivity index (χ2v) is 4.74. The number of hydrogen-bond donors (Lipinski definition) is 2. The van der Waals surface area contributed by atoms with E-state index in [-0.39, 0.29) is 23.8 Å². The van der Waals surface area contributed by atoms with Crippen LogP contribution in [0.15, 0.2) is 0 Å². The third-order valence-corrected chi connectivity index (χ3v) is 3.23. The zero-order chi connectivity index (χ0) is 11.7. The fraction of sp³-hybridized carbons (Fsp3) is 0.818. The maximum atomic E-state index is 11.8. The van der Waals surface area contributed by atoms with Gasteiger partial charge in [0.2, 0.25) is 5.91 Å². The summed E-state index contributed by atoms with van der Waals surface area (Å²) >= 11 is 0. The Balaban J connectivity index is 1.87. The minimum absolute atomic E-state index is 0.0972. The van der Waals surface area contributed by atoms with Crippen molar-refractivity contribution < 1.29 is 19.4 Å². The Morgan fingerprint density at radius 1 is 1.44 bits per heavy atom. The standard InChI is InChI=1S/C11H17NO4/c1-6-4-8(5-16-6)10(13)12-9(11(14)15)7-2-3-7/h6-9H,2-5H2,1H3,(H,12,13)(H,14,15). The second-order valence-electron chi connectivity index (χ2n) is 4.74. The topological polar surface area (TPSA) is 75.6 Å². The van der Waals surface area contributed by atoms with Crippen LogP contribution in [0, 0.1) is 11.8 Å². The van der Waals surface area contributed by atoms with Gasteiger partial charge in [0, 0.05) is 0 Å². The summed E-state index contributed by atoms with van der Waals surface area (Å²) in [5.74, 6) is -1.16. The first-order chi connectivity index (χ1) is 7.58. The van der Waals surface area contributed by atoms with Crippen LogP contribution in [-0.2, 0) is 14.3 Å². The molecular weight excluding hydrogens is 210 g/mol. The van der Waals surface area contributed by atoms with Gasteiger partial charge >= 0.3 is 5.97 Å². The average Bonchev–Trinajstić information content (AvgIpc) is 2.96. The zero-order valence-electron chi connectivity index (χ0n) is 9.31. The molecule has 1 aliphatic heterocycles. The van der Waals surface area contributed by atoms with Gasteiger partial charge in [-0.25, -0.2) is 4.79 Å². The molecule has 90 valence electrons. The first-order valence-corrected chi connectivity index (χ1v) is 5.72. The van der Waals surface area contributed by atoms with Gasteiger partial charge in [0.25, 0.3) is 0 Å². The van der Waals surface area contributed by atoms with Crippen LogP contribution in [0.25, 0.3) is 0 Å². The zero-order valence-corrected chi connectivity index (χ0v) is 9.31. The average molecular weight is 227 g/mol. The molecule has 0 aromatic heterocycles. The Labute approximate surface area is 94.2 Å². The predicted octanol–water partition coefficient (Wildman–Crippen LogP) is 0.391. The number of carboxylic acids is 1. The molecule has 1 heterocycles. The van der Waals surface area contributed by atoms with Gasteiger partial charge in [-0.2, -0.15) is 0 Å². The molecule has 1 aliphatic carbocycles. The molecule has 1 amide bonds. The van der Waals surface area contributed by atoms with E-state index in [1.807, 2.05) is 6.92 Å². The number of ether oxygens (including phenoxy) is 1. The summed E-state index contributed by atoms with van der Waals surface area (Å²) in [4.78, 5) is 22.7. The lowest BCUT2D eigenvalue weighted by Crippen LogP contribution is -2.45. The van der Waals surface area contributed by atoms with Gasteiger partial charge in [-0.05, 0) is 32.1 Å². The van der Waals surface area contributed by atoms with E-state index in [0.29, 0.717) is 13.0 Å². The number of nitrogens with one attached hydrogen (secondary N) is 1. The number of hydrogen-bond acceptors (Lipinski definition) is 3. The van der Waals surface area contributed by atoms with E-state index >= 15 is 0 Å². The molecule has 5 nitrogen and oxygen atoms in total. The molecule has 0 aromatic rings. The van der Waals surface area contributed by atoms with Gasteiger partial charge in [0.05, 0.1) is 18.6 Å². The molecule has 1 saturated heterocycles. The minimum Gasteiger partial charge on any atom is -0.480 e. The molecule has 16 heavy (non-hydrogen) atoms. The van der Waals surface area contributed by atoms with Crippen molar-refractivity contribution in [2.45, 2.75) is 38.3 Å². The molecule has 3 atom stereocenters. The Morgan fingerprint density at radius 2 is 2.12 bits per heavy atom. The molecule has 2 rings (SSSR count). The van der Waals surface area contributed by atoms with Gasteiger partial charge in [-0.3, -0.25) is 4.79 Å². The summed E-state index contributed by atoms with van der Waals surface area (Å²) in [7, 11) is 0. The SMILES string of the molecule is CC1CC(C(=O)NC(C(=O)O)C2CC2)CO1. The van der Waals surface area contributed by atoms with E-state index in [0.717, 1.165) is 12.8 Å². The largest absolute Gasteiger partial charge is 0.480 e. The fourth-order valence-corrected chi connectivity index (χ4v) is 2.08. The van der Waals surface area contributed by atoms with Crippen LogP contribution in [0.1, 0.15) is 26.2 Å². The smallest absolute Gasteiger partial charge is 0.326 e. The number of amides is 1. The van der Waals surface area contributed by atoms with Gasteiger partial charge in [0.1, 0.15) is 6.04 Å². The van der Waals surface area contributed by atoms with Crippen LogP contribution in [0.2, 0.25) is 0 Å². The van der Waals surface area contributed by atoms with E-state index < -0.39 is 12.0 Å². The van der Waals surface area contributed by atoms with E-state index in [9.17, 15) is 9.59 Å². The number of rotatable bonds is 4. The number of aliphatic carboxylic acids is 1. The van der Waals surface area contributed by atoms with Crippen molar-refractivity contribution in [2.75, 3.05) is 6.61 Å². The quantitative estimate of drug-likeness (QED) is 0.728. The maximum Gasteiger partial charge on any atom is 0.326 e. The molecule has 3 unspecified atom stereocenters. The number of carbonyl (C=O) groups excluding carboxylic acids is 1. The van der Waals surface area contributed by atoms with E-state index in [1.165, 1.54) is 0 Å². The van der Waals surface area contributed by atoms with Crippen LogP contribution in [0.5, 0.6) is 0 Å². The van der Waals surface area contributed by atoms with Crippen LogP contribution < -0.4 is 5.32 Å². The van der Waals surface area contributed by atoms with Crippen LogP contribution >= 0.6 is 0 Å². The van der Waals surface area contributed by atoms with Crippen molar-refractivity contribution in [3.63, 3.8) is 0 Å². The lowest BCUT2D eigenvalue weighted by atomic mass is 10.0. The van der Waals surface area contributed by atoms with Crippen molar-refractivity contribution in [3.05, 3.63) is 0 Å². The summed E-state index contributed by atoms with van der Waals surface area (Å²) < 4.78 is 5.30. The van der Waals surface area contributed by atoms with E-state index in [4.69, 9.17) is 9.84 Å². The molecule has 1 saturated carbocycles. The number of carboxylic acid groups (broad SMARTS) is 1. The Bertz CT molecular complexity index is 300. The first-order valence-electron chi connectivity index (χ1n) is 5.72. The van der Waals surface area contributed by atoms with Gasteiger partial charge in [-0.15, -0.1) is 0 Å². The van der Waals surface area contributed by atoms with Crippen molar-refractivity contribution in [1.29, 1.82) is 0 Å². The van der Waals surface area contributed by atoms with Gasteiger partial charge in [0.15, 0.2) is 0 Å². The van der Waals surface area contributed by atoms with Crippen LogP contribution in [-0.4, -0.2) is 35.7 Å². The van der Waals surface area contributed by atoms with Crippen molar-refractivity contribution in [2.24, 2.45) is 11.8 Å². The molecule has 0 radical (unpaired) electrons. The molecule has 2 fully saturated rings. The summed E-state index contributed by atoms with van der Waals surface area (Å²) in [5, 5.41) is 11.6. The normalized spacial score (nSPS) is 31.1. The highest BCUT2D eigenvalue weighted by Crippen LogP contribution is 2.33. The molecule has 0 aromatic carbocycles. The van der Waals surface area contributed by atoms with Crippen molar-refractivity contribution in [1.82, 2.24) is 5.32 Å². The lowest BCUT2D eigenvalue weighted by Gasteiger charge is -2.16. The van der Waals surface area contributed by atoms with E-state index in [1.54, 1.807) is 0 Å². The maximum absolute atomic E-state index is 11.8. The van der Waals surface area contributed by atoms with Crippen LogP contribution in [0.3, 0.4) is 0 Å². The predicted molar refractivity (Wildman–Crippen MR) is 55.8 cm³/mol. The van der Waals surface area contributed by atoms with Crippen molar-refractivity contribution >= 4 is 11.9 Å². The van der Waals surface area contributed by atoms with Gasteiger partial charge < -0.3 is 15.2 Å². The Kier molecular flexibility index (Phi) is 3.14. The molecule has 2 aliphatic rings. The van der Waals surface area contributed by atoms with Gasteiger partial charge in [-0.1, -0.05) is 0 Å². The highest BCUT2D eigenvalue weighted by molar-refractivity contribution is 5.85. The number of carbonyl (C=O) groups is 2. The summed E-state index contributed by atoms with van der Waals surface area (Å²) in [6.07, 6.45) is 2.58. The summed E-state index contributed by atoms with van der Waals surface area (Å²) in [6.45, 7) is 2.33. The third-order valence-electron chi connectivity index (χ3n) is 3.23. The minimum atomic E-state index is -0.928. The van der Waals surface area contributed by atoms with Crippen molar-refractivity contribution in [3.8, 4) is 0 Å². The Hall–Kier alpha value is -1.10. The molecular formula is C11H17NO4. The van der Waals surface area contributed by atoms with E-state index in [2.05, 4.69) is 5.32 Å². The summed E-state index contributed by atoms with van der Waals surface area (Å²) in [6, 6.07) is -0.705. The Morgan fingerprint density at radius 3 is 2.56 bits per heavy atom. The lowest BCUT2D eigenvalue weighted by molar-refractivity contribution is -0.143. The first kappa shape index (κ1) is 11.4. The highest BCUT2D eigenvalue weighted by atomic mass is 16.5. The monoisotopic (exact) mass is 227 g/mol. The second kappa shape index (κ2) is 4.41. The van der Waals surface area contributed by atoms with Crippen LogP contribution in [0.4, 0.5) is 0 Å².